The van der Waals surface area contributed by atoms with Crippen LogP contribution in [0.4, 0.5) is 0 Å². The van der Waals surface area contributed by atoms with Gasteiger partial charge in [-0.05, 0) is 18.4 Å². The maximum atomic E-state index is 12.2. The first kappa shape index (κ1) is 17.9. The third kappa shape index (κ3) is 6.26. The van der Waals surface area contributed by atoms with Gasteiger partial charge in [0.15, 0.2) is 0 Å². The van der Waals surface area contributed by atoms with Crippen molar-refractivity contribution in [3.63, 3.8) is 0 Å². The molecular weight excluding hydrogens is 308 g/mol. The molecule has 0 radical (unpaired) electrons. The van der Waals surface area contributed by atoms with Crippen molar-refractivity contribution in [1.29, 1.82) is 0 Å². The quantitative estimate of drug-likeness (QED) is 0.834. The topological polar surface area (TPSA) is 49.4 Å². The van der Waals surface area contributed by atoms with Crippen LogP contribution in [0.1, 0.15) is 37.7 Å². The standard InChI is InChI=1S/C18H26N2O2S/c1-20(16-10-6-3-7-11-16)18(22)14-23-13-17(21)19-12-15-8-4-2-5-9-15/h2,4-5,8-9,16H,3,6-7,10-14H2,1H3,(H,19,21). The molecule has 0 atom stereocenters. The monoisotopic (exact) mass is 334 g/mol. The van der Waals surface area contributed by atoms with Crippen molar-refractivity contribution >= 4 is 23.6 Å². The Morgan fingerprint density at radius 2 is 1.83 bits per heavy atom. The first-order valence-electron chi connectivity index (χ1n) is 8.31. The lowest BCUT2D eigenvalue weighted by Gasteiger charge is -2.31. The molecule has 0 spiro atoms. The normalized spacial score (nSPS) is 15.2. The van der Waals surface area contributed by atoms with Crippen LogP contribution in [0.15, 0.2) is 30.3 Å². The SMILES string of the molecule is CN(C(=O)CSCC(=O)NCc1ccccc1)C1CCCCC1. The number of carbonyl (C=O) groups excluding carboxylic acids is 2. The second-order valence-electron chi connectivity index (χ2n) is 6.05. The van der Waals surface area contributed by atoms with Gasteiger partial charge in [0.1, 0.15) is 0 Å². The highest BCUT2D eigenvalue weighted by molar-refractivity contribution is 8.00. The number of nitrogens with one attached hydrogen (secondary N) is 1. The van der Waals surface area contributed by atoms with Crippen molar-refractivity contribution in [2.45, 2.75) is 44.7 Å². The smallest absolute Gasteiger partial charge is 0.232 e. The summed E-state index contributed by atoms with van der Waals surface area (Å²) < 4.78 is 0. The molecule has 1 aromatic rings. The molecule has 2 amide bonds. The highest BCUT2D eigenvalue weighted by atomic mass is 32.2. The van der Waals surface area contributed by atoms with Gasteiger partial charge in [0, 0.05) is 19.6 Å². The van der Waals surface area contributed by atoms with Crippen molar-refractivity contribution < 1.29 is 9.59 Å². The summed E-state index contributed by atoms with van der Waals surface area (Å²) in [7, 11) is 1.90. The Morgan fingerprint density at radius 1 is 1.13 bits per heavy atom. The van der Waals surface area contributed by atoms with Crippen LogP contribution in [0.3, 0.4) is 0 Å². The Hall–Kier alpha value is -1.49. The molecule has 0 saturated heterocycles. The number of carbonyl (C=O) groups is 2. The summed E-state index contributed by atoms with van der Waals surface area (Å²) >= 11 is 1.39. The van der Waals surface area contributed by atoms with Gasteiger partial charge in [0.05, 0.1) is 11.5 Å². The number of nitrogens with zero attached hydrogens (tertiary/aromatic N) is 1. The Balaban J connectivity index is 1.61. The van der Waals surface area contributed by atoms with Crippen LogP contribution in [-0.2, 0) is 16.1 Å². The molecule has 1 N–H and O–H groups in total. The minimum atomic E-state index is -0.0213. The van der Waals surface area contributed by atoms with E-state index < -0.39 is 0 Å². The minimum absolute atomic E-state index is 0.0213. The van der Waals surface area contributed by atoms with Crippen LogP contribution in [0, 0.1) is 0 Å². The Bertz CT molecular complexity index is 501. The minimum Gasteiger partial charge on any atom is -0.351 e. The number of benzene rings is 1. The maximum absolute atomic E-state index is 12.2. The van der Waals surface area contributed by atoms with Gasteiger partial charge in [0.2, 0.25) is 11.8 Å². The van der Waals surface area contributed by atoms with Gasteiger partial charge in [-0.3, -0.25) is 9.59 Å². The van der Waals surface area contributed by atoms with Gasteiger partial charge >= 0.3 is 0 Å². The summed E-state index contributed by atoms with van der Waals surface area (Å²) in [5, 5.41) is 2.88. The summed E-state index contributed by atoms with van der Waals surface area (Å²) in [4.78, 5) is 25.9. The molecule has 1 aromatic carbocycles. The molecular formula is C18H26N2O2S. The molecule has 0 unspecified atom stereocenters. The van der Waals surface area contributed by atoms with Crippen LogP contribution < -0.4 is 5.32 Å². The number of thioether (sulfide) groups is 1. The van der Waals surface area contributed by atoms with E-state index in [4.69, 9.17) is 0 Å². The Morgan fingerprint density at radius 3 is 2.52 bits per heavy atom. The largest absolute Gasteiger partial charge is 0.351 e. The van der Waals surface area contributed by atoms with E-state index in [-0.39, 0.29) is 11.8 Å². The molecule has 1 saturated carbocycles. The van der Waals surface area contributed by atoms with Gasteiger partial charge in [0.25, 0.3) is 0 Å². The van der Waals surface area contributed by atoms with Crippen molar-refractivity contribution in [3.05, 3.63) is 35.9 Å². The number of hydrogen-bond donors (Lipinski definition) is 1. The molecule has 126 valence electrons. The van der Waals surface area contributed by atoms with Gasteiger partial charge in [-0.1, -0.05) is 49.6 Å². The zero-order valence-corrected chi connectivity index (χ0v) is 14.6. The average molecular weight is 334 g/mol. The van der Waals surface area contributed by atoms with Gasteiger partial charge in [-0.2, -0.15) is 0 Å². The van der Waals surface area contributed by atoms with Crippen LogP contribution in [0.25, 0.3) is 0 Å². The van der Waals surface area contributed by atoms with Crippen LogP contribution in [0.5, 0.6) is 0 Å². The van der Waals surface area contributed by atoms with E-state index in [0.29, 0.717) is 24.1 Å². The Labute approximate surface area is 143 Å². The molecule has 1 aliphatic rings. The Kier molecular flexibility index (Phi) is 7.46. The average Bonchev–Trinajstić information content (AvgIpc) is 2.61. The van der Waals surface area contributed by atoms with E-state index in [1.807, 2.05) is 42.3 Å². The third-order valence-corrected chi connectivity index (χ3v) is 5.22. The molecule has 1 fully saturated rings. The summed E-state index contributed by atoms with van der Waals surface area (Å²) in [5.74, 6) is 0.827. The first-order valence-corrected chi connectivity index (χ1v) is 9.46. The molecule has 0 aromatic heterocycles. The molecule has 0 bridgehead atoms. The van der Waals surface area contributed by atoms with Crippen LogP contribution in [0.2, 0.25) is 0 Å². The fourth-order valence-corrected chi connectivity index (χ4v) is 3.62. The number of hydrogen-bond acceptors (Lipinski definition) is 3. The predicted molar refractivity (Wildman–Crippen MR) is 95.3 cm³/mol. The zero-order valence-electron chi connectivity index (χ0n) is 13.8. The molecule has 0 heterocycles. The van der Waals surface area contributed by atoms with E-state index in [0.717, 1.165) is 18.4 Å². The maximum Gasteiger partial charge on any atom is 0.232 e. The van der Waals surface area contributed by atoms with E-state index >= 15 is 0 Å². The fourth-order valence-electron chi connectivity index (χ4n) is 2.85. The first-order chi connectivity index (χ1) is 11.2. The van der Waals surface area contributed by atoms with E-state index in [2.05, 4.69) is 5.32 Å². The summed E-state index contributed by atoms with van der Waals surface area (Å²) in [5.41, 5.74) is 1.08. The summed E-state index contributed by atoms with van der Waals surface area (Å²) in [6.07, 6.45) is 5.96. The lowest BCUT2D eigenvalue weighted by Crippen LogP contribution is -2.39. The van der Waals surface area contributed by atoms with E-state index in [9.17, 15) is 9.59 Å². The van der Waals surface area contributed by atoms with Gasteiger partial charge in [-0.15, -0.1) is 11.8 Å². The molecule has 1 aliphatic carbocycles. The van der Waals surface area contributed by atoms with Crippen molar-refractivity contribution in [1.82, 2.24) is 10.2 Å². The highest BCUT2D eigenvalue weighted by Gasteiger charge is 2.21. The number of amides is 2. The van der Waals surface area contributed by atoms with Crippen molar-refractivity contribution in [2.75, 3.05) is 18.6 Å². The molecule has 23 heavy (non-hydrogen) atoms. The molecule has 5 heteroatoms. The second kappa shape index (κ2) is 9.60. The van der Waals surface area contributed by atoms with Gasteiger partial charge < -0.3 is 10.2 Å². The van der Waals surface area contributed by atoms with Crippen molar-refractivity contribution in [2.24, 2.45) is 0 Å². The lowest BCUT2D eigenvalue weighted by atomic mass is 9.94. The lowest BCUT2D eigenvalue weighted by molar-refractivity contribution is -0.129. The van der Waals surface area contributed by atoms with Crippen LogP contribution >= 0.6 is 11.8 Å². The van der Waals surface area contributed by atoms with Crippen molar-refractivity contribution in [3.8, 4) is 0 Å². The van der Waals surface area contributed by atoms with E-state index in [1.54, 1.807) is 0 Å². The summed E-state index contributed by atoms with van der Waals surface area (Å²) in [6.45, 7) is 0.538. The molecule has 4 nitrogen and oxygen atoms in total. The number of rotatable bonds is 7. The van der Waals surface area contributed by atoms with Gasteiger partial charge in [-0.25, -0.2) is 0 Å². The highest BCUT2D eigenvalue weighted by Crippen LogP contribution is 2.22. The summed E-state index contributed by atoms with van der Waals surface area (Å²) in [6, 6.07) is 10.2. The third-order valence-electron chi connectivity index (χ3n) is 4.31. The second-order valence-corrected chi connectivity index (χ2v) is 7.04. The van der Waals surface area contributed by atoms with E-state index in [1.165, 1.54) is 31.0 Å². The predicted octanol–water partition coefficient (Wildman–Crippen LogP) is 2.83. The van der Waals surface area contributed by atoms with Crippen LogP contribution in [-0.4, -0.2) is 41.3 Å². The molecule has 2 rings (SSSR count). The molecule has 0 aliphatic heterocycles. The fraction of sp³-hybridized carbons (Fsp3) is 0.556. The zero-order chi connectivity index (χ0) is 16.5.